The lowest BCUT2D eigenvalue weighted by molar-refractivity contribution is 0.133. The van der Waals surface area contributed by atoms with E-state index in [4.69, 9.17) is 0 Å². The van der Waals surface area contributed by atoms with E-state index in [0.717, 1.165) is 23.7 Å². The summed E-state index contributed by atoms with van der Waals surface area (Å²) in [5, 5.41) is 0. The molecule has 0 saturated heterocycles. The Morgan fingerprint density at radius 2 is 1.36 bits per heavy atom. The molecule has 0 heterocycles. The third-order valence-electron chi connectivity index (χ3n) is 6.79. The average Bonchev–Trinajstić information content (AvgIpc) is 2.56. The van der Waals surface area contributed by atoms with Gasteiger partial charge in [-0.25, -0.2) is 0 Å². The fourth-order valence-electron chi connectivity index (χ4n) is 5.42. The monoisotopic (exact) mass is 306 g/mol. The number of unbranched alkanes of at least 4 members (excludes halogenated alkanes) is 4. The second-order valence-corrected chi connectivity index (χ2v) is 8.57. The van der Waals surface area contributed by atoms with E-state index >= 15 is 0 Å². The zero-order valence-corrected chi connectivity index (χ0v) is 15.6. The van der Waals surface area contributed by atoms with E-state index < -0.39 is 0 Å². The Morgan fingerprint density at radius 3 is 2.09 bits per heavy atom. The van der Waals surface area contributed by atoms with Crippen molar-refractivity contribution in [2.24, 2.45) is 23.7 Å². The Labute approximate surface area is 140 Å². The standard InChI is InChI=1S/C22H42/c1-3-5-6-7-8-11-20-12-9-13-22(18-20)21-16-14-19(10-4-2)15-17-21/h19-22H,3-18H2,1-2H3. The lowest BCUT2D eigenvalue weighted by atomic mass is 9.67. The first-order valence-electron chi connectivity index (χ1n) is 10.8. The Bertz CT molecular complexity index is 261. The van der Waals surface area contributed by atoms with Crippen LogP contribution in [0.3, 0.4) is 0 Å². The van der Waals surface area contributed by atoms with Crippen LogP contribution in [-0.4, -0.2) is 0 Å². The van der Waals surface area contributed by atoms with Crippen LogP contribution in [0.2, 0.25) is 0 Å². The molecule has 130 valence electrons. The highest BCUT2D eigenvalue weighted by Crippen LogP contribution is 2.43. The highest BCUT2D eigenvalue weighted by atomic mass is 14.4. The fourth-order valence-corrected chi connectivity index (χ4v) is 5.42. The van der Waals surface area contributed by atoms with Crippen LogP contribution in [0.25, 0.3) is 0 Å². The largest absolute Gasteiger partial charge is 0.0654 e. The zero-order chi connectivity index (χ0) is 15.6. The summed E-state index contributed by atoms with van der Waals surface area (Å²) in [6, 6.07) is 0. The number of hydrogen-bond donors (Lipinski definition) is 0. The first-order chi connectivity index (χ1) is 10.8. The molecular formula is C22H42. The number of hydrogen-bond acceptors (Lipinski definition) is 0. The van der Waals surface area contributed by atoms with Crippen LogP contribution in [0, 0.1) is 23.7 Å². The van der Waals surface area contributed by atoms with Crippen LogP contribution in [0.5, 0.6) is 0 Å². The van der Waals surface area contributed by atoms with E-state index in [0.29, 0.717) is 0 Å². The van der Waals surface area contributed by atoms with Crippen molar-refractivity contribution in [1.29, 1.82) is 0 Å². The summed E-state index contributed by atoms with van der Waals surface area (Å²) in [5.74, 6) is 4.39. The normalized spacial score (nSPS) is 33.0. The van der Waals surface area contributed by atoms with Crippen LogP contribution >= 0.6 is 0 Å². The minimum atomic E-state index is 1.08. The average molecular weight is 307 g/mol. The quantitative estimate of drug-likeness (QED) is 0.382. The molecule has 0 spiro atoms. The van der Waals surface area contributed by atoms with Crippen molar-refractivity contribution in [3.05, 3.63) is 0 Å². The first-order valence-corrected chi connectivity index (χ1v) is 10.8. The van der Waals surface area contributed by atoms with Crippen LogP contribution in [-0.2, 0) is 0 Å². The molecule has 0 aromatic heterocycles. The molecule has 0 radical (unpaired) electrons. The highest BCUT2D eigenvalue weighted by molar-refractivity contribution is 4.82. The minimum Gasteiger partial charge on any atom is -0.0654 e. The van der Waals surface area contributed by atoms with Gasteiger partial charge in [-0.15, -0.1) is 0 Å². The van der Waals surface area contributed by atoms with Crippen molar-refractivity contribution in [3.8, 4) is 0 Å². The summed E-state index contributed by atoms with van der Waals surface area (Å²) in [5.41, 5.74) is 0. The predicted octanol–water partition coefficient (Wildman–Crippen LogP) is 7.76. The topological polar surface area (TPSA) is 0 Å². The van der Waals surface area contributed by atoms with Gasteiger partial charge in [0, 0.05) is 0 Å². The zero-order valence-electron chi connectivity index (χ0n) is 15.6. The molecule has 2 rings (SSSR count). The molecule has 2 aliphatic carbocycles. The Balaban J connectivity index is 1.63. The number of rotatable bonds is 9. The molecule has 2 fully saturated rings. The first kappa shape index (κ1) is 18.3. The van der Waals surface area contributed by atoms with E-state index in [1.807, 2.05) is 0 Å². The van der Waals surface area contributed by atoms with Crippen molar-refractivity contribution in [2.45, 2.75) is 117 Å². The molecule has 2 saturated carbocycles. The summed E-state index contributed by atoms with van der Waals surface area (Å²) >= 11 is 0. The molecule has 2 unspecified atom stereocenters. The lowest BCUT2D eigenvalue weighted by Gasteiger charge is -2.38. The third kappa shape index (κ3) is 6.25. The van der Waals surface area contributed by atoms with Crippen molar-refractivity contribution in [3.63, 3.8) is 0 Å². The Morgan fingerprint density at radius 1 is 0.591 bits per heavy atom. The molecule has 0 bridgehead atoms. The maximum absolute atomic E-state index is 2.36. The van der Waals surface area contributed by atoms with Gasteiger partial charge in [-0.3, -0.25) is 0 Å². The summed E-state index contributed by atoms with van der Waals surface area (Å²) in [7, 11) is 0. The molecule has 22 heavy (non-hydrogen) atoms. The molecule has 0 N–H and O–H groups in total. The van der Waals surface area contributed by atoms with Gasteiger partial charge in [0.05, 0.1) is 0 Å². The second-order valence-electron chi connectivity index (χ2n) is 8.57. The van der Waals surface area contributed by atoms with E-state index in [1.165, 1.54) is 44.9 Å². The summed E-state index contributed by atoms with van der Waals surface area (Å²) in [6.45, 7) is 4.68. The Hall–Kier alpha value is 0. The summed E-state index contributed by atoms with van der Waals surface area (Å²) < 4.78 is 0. The van der Waals surface area contributed by atoms with Crippen molar-refractivity contribution in [1.82, 2.24) is 0 Å². The fraction of sp³-hybridized carbons (Fsp3) is 1.00. The molecule has 2 atom stereocenters. The van der Waals surface area contributed by atoms with Crippen LogP contribution in [0.4, 0.5) is 0 Å². The van der Waals surface area contributed by atoms with Crippen molar-refractivity contribution in [2.75, 3.05) is 0 Å². The van der Waals surface area contributed by atoms with E-state index in [2.05, 4.69) is 13.8 Å². The van der Waals surface area contributed by atoms with Gasteiger partial charge in [-0.2, -0.15) is 0 Å². The Kier molecular flexibility index (Phi) is 8.93. The van der Waals surface area contributed by atoms with Crippen molar-refractivity contribution < 1.29 is 0 Å². The van der Waals surface area contributed by atoms with E-state index in [-0.39, 0.29) is 0 Å². The predicted molar refractivity (Wildman–Crippen MR) is 99.2 cm³/mol. The van der Waals surface area contributed by atoms with Gasteiger partial charge in [0.2, 0.25) is 0 Å². The van der Waals surface area contributed by atoms with Gasteiger partial charge in [-0.05, 0) is 42.9 Å². The van der Waals surface area contributed by atoms with Gasteiger partial charge >= 0.3 is 0 Å². The highest BCUT2D eigenvalue weighted by Gasteiger charge is 2.31. The maximum atomic E-state index is 2.36. The van der Waals surface area contributed by atoms with Crippen LogP contribution in [0.15, 0.2) is 0 Å². The third-order valence-corrected chi connectivity index (χ3v) is 6.79. The molecule has 0 aromatic rings. The molecule has 0 amide bonds. The van der Waals surface area contributed by atoms with Gasteiger partial charge in [0.15, 0.2) is 0 Å². The van der Waals surface area contributed by atoms with Crippen molar-refractivity contribution >= 4 is 0 Å². The van der Waals surface area contributed by atoms with Crippen LogP contribution in [0.1, 0.15) is 117 Å². The molecule has 0 aromatic carbocycles. The van der Waals surface area contributed by atoms with Crippen LogP contribution < -0.4 is 0 Å². The molecule has 0 heteroatoms. The van der Waals surface area contributed by atoms with Gasteiger partial charge in [-0.1, -0.05) is 97.3 Å². The molecule has 0 aliphatic heterocycles. The maximum Gasteiger partial charge on any atom is -0.0383 e. The second kappa shape index (κ2) is 10.7. The molecular weight excluding hydrogens is 264 g/mol. The summed E-state index contributed by atoms with van der Waals surface area (Å²) in [6.07, 6.45) is 24.3. The van der Waals surface area contributed by atoms with E-state index in [1.54, 1.807) is 57.8 Å². The lowest BCUT2D eigenvalue weighted by Crippen LogP contribution is -2.26. The molecule has 2 aliphatic rings. The van der Waals surface area contributed by atoms with Gasteiger partial charge < -0.3 is 0 Å². The molecule has 0 nitrogen and oxygen atoms in total. The van der Waals surface area contributed by atoms with E-state index in [9.17, 15) is 0 Å². The van der Waals surface area contributed by atoms with Gasteiger partial charge in [0.25, 0.3) is 0 Å². The SMILES string of the molecule is CCCCCCCC1CCCC(C2CCC(CCC)CC2)C1. The summed E-state index contributed by atoms with van der Waals surface area (Å²) in [4.78, 5) is 0. The van der Waals surface area contributed by atoms with Gasteiger partial charge in [0.1, 0.15) is 0 Å². The minimum absolute atomic E-state index is 1.08. The smallest absolute Gasteiger partial charge is 0.0383 e.